The fourth-order valence-electron chi connectivity index (χ4n) is 5.08. The number of carbonyl (C=O) groups is 1. The molecule has 4 aromatic heterocycles. The van der Waals surface area contributed by atoms with Crippen LogP contribution in [-0.4, -0.2) is 44.8 Å². The number of ether oxygens (including phenoxy) is 1. The second-order valence-electron chi connectivity index (χ2n) is 9.17. The lowest BCUT2D eigenvalue weighted by molar-refractivity contribution is -0.148. The standard InChI is InChI=1S/C27H25N5O4S.H2S/c33-27(19-7-4-5-8-19)36-16-13-20-17-23-22(24-18-30-32-25(24)11-6-14-29-32)12-15-28-26(23)31(20)37(34,35)21-9-2-1-3-10-21;/h1-3,6,9-12,14-15,17-19H,4-5,7-8,13,16H2;1H2. The summed E-state index contributed by atoms with van der Waals surface area (Å²) in [5, 5.41) is 9.24. The average molecular weight is 550 g/mol. The fraction of sp³-hybridized carbons (Fsp3) is 0.259. The van der Waals surface area contributed by atoms with Crippen LogP contribution in [0.15, 0.2) is 78.1 Å². The van der Waals surface area contributed by atoms with Crippen LogP contribution in [0.2, 0.25) is 0 Å². The second kappa shape index (κ2) is 10.6. The first-order valence-corrected chi connectivity index (χ1v) is 13.7. The lowest BCUT2D eigenvalue weighted by Gasteiger charge is -2.13. The predicted octanol–water partition coefficient (Wildman–Crippen LogP) is 4.37. The Bertz CT molecular complexity index is 1710. The fourth-order valence-corrected chi connectivity index (χ4v) is 6.62. The Hall–Kier alpha value is -3.70. The van der Waals surface area contributed by atoms with Gasteiger partial charge in [0.1, 0.15) is 0 Å². The van der Waals surface area contributed by atoms with Crippen LogP contribution in [0.1, 0.15) is 31.4 Å². The quantitative estimate of drug-likeness (QED) is 0.277. The topological polar surface area (TPSA) is 108 Å². The maximum Gasteiger partial charge on any atom is 0.308 e. The van der Waals surface area contributed by atoms with Gasteiger partial charge in [-0.3, -0.25) is 4.79 Å². The number of carbonyl (C=O) groups excluding carboxylic acids is 1. The van der Waals surface area contributed by atoms with Crippen LogP contribution in [0.4, 0.5) is 0 Å². The monoisotopic (exact) mass is 549 g/mol. The van der Waals surface area contributed by atoms with Gasteiger partial charge in [-0.05, 0) is 54.8 Å². The molecular formula is C27H27N5O4S2. The molecule has 0 saturated heterocycles. The van der Waals surface area contributed by atoms with Crippen molar-refractivity contribution in [1.82, 2.24) is 23.8 Å². The molecule has 0 amide bonds. The highest BCUT2D eigenvalue weighted by Gasteiger charge is 2.27. The minimum Gasteiger partial charge on any atom is -0.465 e. The third-order valence-electron chi connectivity index (χ3n) is 6.90. The second-order valence-corrected chi connectivity index (χ2v) is 11.0. The van der Waals surface area contributed by atoms with E-state index in [0.29, 0.717) is 16.7 Å². The van der Waals surface area contributed by atoms with Crippen LogP contribution in [0.3, 0.4) is 0 Å². The predicted molar refractivity (Wildman–Crippen MR) is 148 cm³/mol. The minimum atomic E-state index is -3.97. The van der Waals surface area contributed by atoms with E-state index in [9.17, 15) is 13.2 Å². The molecule has 196 valence electrons. The normalized spacial score (nSPS) is 14.1. The SMILES string of the molecule is O=C(OCCc1cc2c(-c3cnn4ncccc34)ccnc2n1S(=O)(=O)c1ccccc1)C1CCCC1.S. The largest absolute Gasteiger partial charge is 0.465 e. The molecule has 1 aliphatic carbocycles. The van der Waals surface area contributed by atoms with E-state index in [1.165, 1.54) is 8.60 Å². The summed E-state index contributed by atoms with van der Waals surface area (Å²) in [5.74, 6) is -0.264. The molecule has 0 spiro atoms. The maximum atomic E-state index is 13.8. The summed E-state index contributed by atoms with van der Waals surface area (Å²) >= 11 is 0. The van der Waals surface area contributed by atoms with Crippen molar-refractivity contribution < 1.29 is 17.9 Å². The molecule has 9 nitrogen and oxygen atoms in total. The Kier molecular flexibility index (Phi) is 7.22. The number of rotatable bonds is 7. The van der Waals surface area contributed by atoms with Gasteiger partial charge in [-0.15, -0.1) is 0 Å². The van der Waals surface area contributed by atoms with Crippen LogP contribution >= 0.6 is 13.5 Å². The van der Waals surface area contributed by atoms with Gasteiger partial charge in [0, 0.05) is 35.5 Å². The highest BCUT2D eigenvalue weighted by Crippen LogP contribution is 2.34. The summed E-state index contributed by atoms with van der Waals surface area (Å²) in [6.07, 6.45) is 8.97. The smallest absolute Gasteiger partial charge is 0.308 e. The van der Waals surface area contributed by atoms with Crippen molar-refractivity contribution in [2.45, 2.75) is 37.0 Å². The summed E-state index contributed by atoms with van der Waals surface area (Å²) in [6, 6.07) is 15.7. The molecule has 0 unspecified atom stereocenters. The molecule has 38 heavy (non-hydrogen) atoms. The van der Waals surface area contributed by atoms with Crippen molar-refractivity contribution in [3.63, 3.8) is 0 Å². The number of hydrogen-bond donors (Lipinski definition) is 0. The van der Waals surface area contributed by atoms with E-state index in [-0.39, 0.29) is 43.3 Å². The van der Waals surface area contributed by atoms with Gasteiger partial charge >= 0.3 is 5.97 Å². The van der Waals surface area contributed by atoms with Gasteiger partial charge in [-0.25, -0.2) is 17.4 Å². The first-order chi connectivity index (χ1) is 18.0. The van der Waals surface area contributed by atoms with Gasteiger partial charge in [0.05, 0.1) is 29.1 Å². The van der Waals surface area contributed by atoms with E-state index in [0.717, 1.165) is 42.3 Å². The Balaban J connectivity index is 0.00000294. The Labute approximate surface area is 227 Å². The molecule has 0 radical (unpaired) electrons. The lowest BCUT2D eigenvalue weighted by atomic mass is 10.1. The van der Waals surface area contributed by atoms with Crippen molar-refractivity contribution in [2.75, 3.05) is 6.61 Å². The third kappa shape index (κ3) is 4.56. The first-order valence-electron chi connectivity index (χ1n) is 12.3. The van der Waals surface area contributed by atoms with Crippen molar-refractivity contribution in [1.29, 1.82) is 0 Å². The Morgan fingerprint density at radius 2 is 1.76 bits per heavy atom. The van der Waals surface area contributed by atoms with Crippen molar-refractivity contribution in [3.05, 3.63) is 78.9 Å². The molecule has 0 bridgehead atoms. The maximum absolute atomic E-state index is 13.8. The lowest BCUT2D eigenvalue weighted by Crippen LogP contribution is -2.19. The highest BCUT2D eigenvalue weighted by atomic mass is 32.2. The molecule has 6 rings (SSSR count). The molecule has 0 N–H and O–H groups in total. The molecule has 5 aromatic rings. The summed E-state index contributed by atoms with van der Waals surface area (Å²) in [4.78, 5) is 17.1. The summed E-state index contributed by atoms with van der Waals surface area (Å²) in [6.45, 7) is 0.0892. The Morgan fingerprint density at radius 1 is 0.974 bits per heavy atom. The molecule has 4 heterocycles. The molecular weight excluding hydrogens is 522 g/mol. The van der Waals surface area contributed by atoms with E-state index in [1.54, 1.807) is 48.9 Å². The van der Waals surface area contributed by atoms with Crippen LogP contribution in [-0.2, 0) is 26.0 Å². The van der Waals surface area contributed by atoms with Crippen molar-refractivity contribution in [3.8, 4) is 11.1 Å². The molecule has 0 aliphatic heterocycles. The number of esters is 1. The van der Waals surface area contributed by atoms with Gasteiger partial charge in [-0.2, -0.15) is 28.3 Å². The van der Waals surface area contributed by atoms with Crippen molar-refractivity contribution >= 4 is 46.0 Å². The van der Waals surface area contributed by atoms with E-state index in [4.69, 9.17) is 4.74 Å². The number of pyridine rings is 1. The van der Waals surface area contributed by atoms with Crippen LogP contribution in [0, 0.1) is 5.92 Å². The van der Waals surface area contributed by atoms with Gasteiger partial charge in [0.2, 0.25) is 0 Å². The zero-order chi connectivity index (χ0) is 25.4. The molecule has 1 fully saturated rings. The number of aromatic nitrogens is 5. The molecule has 11 heteroatoms. The van der Waals surface area contributed by atoms with Gasteiger partial charge in [0.15, 0.2) is 5.65 Å². The van der Waals surface area contributed by atoms with Crippen LogP contribution < -0.4 is 0 Å². The van der Waals surface area contributed by atoms with E-state index in [1.807, 2.05) is 24.3 Å². The Morgan fingerprint density at radius 3 is 2.55 bits per heavy atom. The third-order valence-corrected chi connectivity index (χ3v) is 8.66. The number of fused-ring (bicyclic) bond motifs is 2. The molecule has 0 atom stereocenters. The molecule has 1 aromatic carbocycles. The molecule has 1 aliphatic rings. The van der Waals surface area contributed by atoms with Gasteiger partial charge in [-0.1, -0.05) is 31.0 Å². The molecule has 1 saturated carbocycles. The van der Waals surface area contributed by atoms with Crippen molar-refractivity contribution in [2.24, 2.45) is 5.92 Å². The highest BCUT2D eigenvalue weighted by molar-refractivity contribution is 7.90. The zero-order valence-corrected chi connectivity index (χ0v) is 22.3. The first kappa shape index (κ1) is 25.9. The van der Waals surface area contributed by atoms with Crippen LogP contribution in [0.5, 0.6) is 0 Å². The minimum absolute atomic E-state index is 0. The van der Waals surface area contributed by atoms with E-state index in [2.05, 4.69) is 15.2 Å². The zero-order valence-electron chi connectivity index (χ0n) is 20.5. The van der Waals surface area contributed by atoms with Gasteiger partial charge < -0.3 is 4.74 Å². The number of nitrogens with zero attached hydrogens (tertiary/aromatic N) is 5. The van der Waals surface area contributed by atoms with Gasteiger partial charge in [0.25, 0.3) is 10.0 Å². The number of benzene rings is 1. The summed E-state index contributed by atoms with van der Waals surface area (Å²) in [5.41, 5.74) is 3.20. The average Bonchev–Trinajstić information content (AvgIpc) is 3.67. The summed E-state index contributed by atoms with van der Waals surface area (Å²) < 4.78 is 36.0. The number of hydrogen-bond acceptors (Lipinski definition) is 7. The van der Waals surface area contributed by atoms with E-state index >= 15 is 0 Å². The summed E-state index contributed by atoms with van der Waals surface area (Å²) in [7, 11) is -3.97. The van der Waals surface area contributed by atoms with Crippen LogP contribution in [0.25, 0.3) is 27.7 Å². The van der Waals surface area contributed by atoms with E-state index < -0.39 is 10.0 Å².